The molecular formula is C20H12BrN3OS. The average molecular weight is 422 g/mol. The first-order valence-corrected chi connectivity index (χ1v) is 9.71. The van der Waals surface area contributed by atoms with Crippen molar-refractivity contribution in [3.63, 3.8) is 0 Å². The third-order valence-electron chi connectivity index (χ3n) is 4.16. The lowest BCUT2D eigenvalue weighted by Crippen LogP contribution is -1.95. The van der Waals surface area contributed by atoms with Gasteiger partial charge in [-0.05, 0) is 54.6 Å². The highest BCUT2D eigenvalue weighted by molar-refractivity contribution is 9.10. The Morgan fingerprint density at radius 2 is 1.81 bits per heavy atom. The monoisotopic (exact) mass is 421 g/mol. The molecule has 5 aromatic rings. The minimum absolute atomic E-state index is 0.819. The molecule has 126 valence electrons. The van der Waals surface area contributed by atoms with Crippen LogP contribution in [0.15, 0.2) is 76.6 Å². The van der Waals surface area contributed by atoms with E-state index in [0.717, 1.165) is 42.8 Å². The second-order valence-electron chi connectivity index (χ2n) is 5.83. The fraction of sp³-hybridized carbons (Fsp3) is 0. The Kier molecular flexibility index (Phi) is 3.72. The first-order valence-electron chi connectivity index (χ1n) is 8.03. The van der Waals surface area contributed by atoms with Crippen LogP contribution in [0.5, 0.6) is 11.5 Å². The number of benzene rings is 3. The topological polar surface area (TPSA) is 39.9 Å². The molecule has 4 nitrogen and oxygen atoms in total. The zero-order valence-electron chi connectivity index (χ0n) is 13.5. The Morgan fingerprint density at radius 1 is 0.962 bits per heavy atom. The average Bonchev–Trinajstić information content (AvgIpc) is 3.27. The number of hydrogen-bond donors (Lipinski definition) is 0. The van der Waals surface area contributed by atoms with Crippen LogP contribution in [0.2, 0.25) is 0 Å². The standard InChI is InChI=1S/C20H12BrN3OS/c21-13-5-8-15(9-6-13)25-19-12-26-20-11-14(7-10-16(19)20)24-18-4-2-1-3-17(18)22-23-24/h1-12H. The lowest BCUT2D eigenvalue weighted by atomic mass is 10.2. The van der Waals surface area contributed by atoms with E-state index in [0.29, 0.717) is 0 Å². The van der Waals surface area contributed by atoms with Crippen LogP contribution in [0.3, 0.4) is 0 Å². The van der Waals surface area contributed by atoms with E-state index in [1.807, 2.05) is 64.7 Å². The van der Waals surface area contributed by atoms with Gasteiger partial charge in [0.15, 0.2) is 0 Å². The minimum atomic E-state index is 0.819. The van der Waals surface area contributed by atoms with E-state index in [9.17, 15) is 0 Å². The molecule has 0 saturated carbocycles. The third-order valence-corrected chi connectivity index (χ3v) is 5.61. The fourth-order valence-corrected chi connectivity index (χ4v) is 4.05. The maximum atomic E-state index is 6.04. The van der Waals surface area contributed by atoms with Gasteiger partial charge in [-0.15, -0.1) is 16.4 Å². The molecule has 0 aliphatic carbocycles. The smallest absolute Gasteiger partial charge is 0.145 e. The summed E-state index contributed by atoms with van der Waals surface area (Å²) >= 11 is 5.10. The van der Waals surface area contributed by atoms with Crippen molar-refractivity contribution in [1.82, 2.24) is 15.0 Å². The van der Waals surface area contributed by atoms with Crippen molar-refractivity contribution >= 4 is 48.4 Å². The van der Waals surface area contributed by atoms with E-state index < -0.39 is 0 Å². The molecule has 3 aromatic carbocycles. The molecular weight excluding hydrogens is 410 g/mol. The molecule has 6 heteroatoms. The van der Waals surface area contributed by atoms with Gasteiger partial charge in [0.05, 0.1) is 11.2 Å². The zero-order valence-corrected chi connectivity index (χ0v) is 15.9. The van der Waals surface area contributed by atoms with Gasteiger partial charge < -0.3 is 4.74 Å². The molecule has 0 aliphatic rings. The molecule has 0 saturated heterocycles. The zero-order chi connectivity index (χ0) is 17.5. The number of nitrogens with zero attached hydrogens (tertiary/aromatic N) is 3. The molecule has 5 rings (SSSR count). The number of hydrogen-bond acceptors (Lipinski definition) is 4. The molecule has 0 spiro atoms. The minimum Gasteiger partial charge on any atom is -0.456 e. The van der Waals surface area contributed by atoms with E-state index in [-0.39, 0.29) is 0 Å². The highest BCUT2D eigenvalue weighted by atomic mass is 79.9. The molecule has 0 N–H and O–H groups in total. The number of fused-ring (bicyclic) bond motifs is 2. The summed E-state index contributed by atoms with van der Waals surface area (Å²) < 4.78 is 10.1. The molecule has 2 heterocycles. The Bertz CT molecular complexity index is 1230. The van der Waals surface area contributed by atoms with Crippen LogP contribution in [0, 0.1) is 0 Å². The van der Waals surface area contributed by atoms with E-state index in [2.05, 4.69) is 38.4 Å². The number of thiophene rings is 1. The second kappa shape index (κ2) is 6.23. The van der Waals surface area contributed by atoms with E-state index in [4.69, 9.17) is 4.74 Å². The number of rotatable bonds is 3. The quantitative estimate of drug-likeness (QED) is 0.348. The van der Waals surface area contributed by atoms with Crippen molar-refractivity contribution in [2.75, 3.05) is 0 Å². The number of aromatic nitrogens is 3. The van der Waals surface area contributed by atoms with Crippen LogP contribution in [-0.4, -0.2) is 15.0 Å². The molecule has 0 atom stereocenters. The molecule has 0 aliphatic heterocycles. The van der Waals surface area contributed by atoms with Gasteiger partial charge in [0.1, 0.15) is 17.0 Å². The summed E-state index contributed by atoms with van der Waals surface area (Å²) in [5, 5.41) is 11.6. The SMILES string of the molecule is Brc1ccc(Oc2csc3cc(-n4nnc5ccccc54)ccc23)cc1. The molecule has 0 fully saturated rings. The van der Waals surface area contributed by atoms with E-state index >= 15 is 0 Å². The van der Waals surface area contributed by atoms with E-state index in [1.54, 1.807) is 11.3 Å². The second-order valence-corrected chi connectivity index (χ2v) is 7.65. The van der Waals surface area contributed by atoms with Crippen LogP contribution in [0.1, 0.15) is 0 Å². The summed E-state index contributed by atoms with van der Waals surface area (Å²) in [5.74, 6) is 1.68. The first kappa shape index (κ1) is 15.5. The normalized spacial score (nSPS) is 11.3. The van der Waals surface area contributed by atoms with Gasteiger partial charge in [0, 0.05) is 19.9 Å². The molecule has 0 unspecified atom stereocenters. The Hall–Kier alpha value is -2.70. The van der Waals surface area contributed by atoms with Gasteiger partial charge in [0.25, 0.3) is 0 Å². The van der Waals surface area contributed by atoms with Gasteiger partial charge in [-0.3, -0.25) is 0 Å². The Morgan fingerprint density at radius 3 is 2.69 bits per heavy atom. The summed E-state index contributed by atoms with van der Waals surface area (Å²) in [7, 11) is 0. The molecule has 0 bridgehead atoms. The first-order chi connectivity index (χ1) is 12.8. The maximum absolute atomic E-state index is 6.04. The van der Waals surface area contributed by atoms with Crippen molar-refractivity contribution in [3.8, 4) is 17.2 Å². The lowest BCUT2D eigenvalue weighted by molar-refractivity contribution is 0.490. The van der Waals surface area contributed by atoms with Crippen molar-refractivity contribution in [3.05, 3.63) is 76.6 Å². The number of ether oxygens (including phenoxy) is 1. The van der Waals surface area contributed by atoms with Gasteiger partial charge in [-0.25, -0.2) is 4.68 Å². The van der Waals surface area contributed by atoms with Crippen molar-refractivity contribution < 1.29 is 4.74 Å². The summed E-state index contributed by atoms with van der Waals surface area (Å²) in [6, 6.07) is 22.0. The van der Waals surface area contributed by atoms with Crippen LogP contribution < -0.4 is 4.74 Å². The number of halogens is 1. The van der Waals surface area contributed by atoms with Crippen LogP contribution in [-0.2, 0) is 0 Å². The van der Waals surface area contributed by atoms with Gasteiger partial charge in [-0.2, -0.15) is 0 Å². The van der Waals surface area contributed by atoms with E-state index in [1.165, 1.54) is 0 Å². The van der Waals surface area contributed by atoms with Crippen LogP contribution >= 0.6 is 27.3 Å². The Labute approximate surface area is 161 Å². The third kappa shape index (κ3) is 2.67. The summed E-state index contributed by atoms with van der Waals surface area (Å²) in [6.45, 7) is 0. The maximum Gasteiger partial charge on any atom is 0.145 e. The molecule has 26 heavy (non-hydrogen) atoms. The highest BCUT2D eigenvalue weighted by Crippen LogP contribution is 2.36. The predicted molar refractivity (Wildman–Crippen MR) is 108 cm³/mol. The predicted octanol–water partition coefficient (Wildman–Crippen LogP) is 6.19. The van der Waals surface area contributed by atoms with Crippen molar-refractivity contribution in [2.45, 2.75) is 0 Å². The molecule has 2 aromatic heterocycles. The summed E-state index contributed by atoms with van der Waals surface area (Å²) in [6.07, 6.45) is 0. The summed E-state index contributed by atoms with van der Waals surface area (Å²) in [4.78, 5) is 0. The highest BCUT2D eigenvalue weighted by Gasteiger charge is 2.10. The number of para-hydroxylation sites is 1. The van der Waals surface area contributed by atoms with Crippen LogP contribution in [0.25, 0.3) is 26.8 Å². The van der Waals surface area contributed by atoms with Gasteiger partial charge in [-0.1, -0.05) is 33.3 Å². The largest absolute Gasteiger partial charge is 0.456 e. The van der Waals surface area contributed by atoms with Crippen LogP contribution in [0.4, 0.5) is 0 Å². The van der Waals surface area contributed by atoms with Crippen molar-refractivity contribution in [2.24, 2.45) is 0 Å². The summed E-state index contributed by atoms with van der Waals surface area (Å²) in [5.41, 5.74) is 2.87. The Balaban J connectivity index is 1.54. The van der Waals surface area contributed by atoms with Gasteiger partial charge >= 0.3 is 0 Å². The lowest BCUT2D eigenvalue weighted by Gasteiger charge is -2.05. The fourth-order valence-electron chi connectivity index (χ4n) is 2.89. The molecule has 0 amide bonds. The van der Waals surface area contributed by atoms with Gasteiger partial charge in [0.2, 0.25) is 0 Å². The van der Waals surface area contributed by atoms with Crippen molar-refractivity contribution in [1.29, 1.82) is 0 Å². The molecule has 0 radical (unpaired) electrons.